The summed E-state index contributed by atoms with van der Waals surface area (Å²) >= 11 is 5.76. The van der Waals surface area contributed by atoms with E-state index in [1.54, 1.807) is 44.4 Å². The Hall–Kier alpha value is -3.19. The van der Waals surface area contributed by atoms with Crippen LogP contribution in [0.2, 0.25) is 5.02 Å². The molecule has 0 aliphatic heterocycles. The summed E-state index contributed by atoms with van der Waals surface area (Å²) in [6.45, 7) is 3.19. The number of esters is 1. The number of nitrogens with zero attached hydrogens (tertiary/aromatic N) is 2. The zero-order valence-corrected chi connectivity index (χ0v) is 16.3. The van der Waals surface area contributed by atoms with E-state index in [0.29, 0.717) is 22.3 Å². The summed E-state index contributed by atoms with van der Waals surface area (Å²) in [4.78, 5) is 33.2. The molecule has 0 radical (unpaired) electrons. The predicted molar refractivity (Wildman–Crippen MR) is 106 cm³/mol. The van der Waals surface area contributed by atoms with Crippen molar-refractivity contribution in [1.29, 1.82) is 0 Å². The molecule has 3 rings (SSSR count). The highest BCUT2D eigenvalue weighted by Gasteiger charge is 2.21. The van der Waals surface area contributed by atoms with E-state index < -0.39 is 18.0 Å². The minimum Gasteiger partial charge on any atom is -0.497 e. The first-order chi connectivity index (χ1) is 13.4. The van der Waals surface area contributed by atoms with Gasteiger partial charge in [-0.3, -0.25) is 9.78 Å². The largest absolute Gasteiger partial charge is 0.497 e. The zero-order chi connectivity index (χ0) is 20.3. The SMILES string of the molecule is COc1ccc2nc(C)c(C(=O)OC(C)C(=O)Nc3ccc(Cl)cn3)cc2c1. The lowest BCUT2D eigenvalue weighted by molar-refractivity contribution is -0.123. The number of aromatic nitrogens is 2. The highest BCUT2D eigenvalue weighted by molar-refractivity contribution is 6.30. The Kier molecular flexibility index (Phi) is 5.75. The molecule has 0 aliphatic carbocycles. The van der Waals surface area contributed by atoms with Crippen LogP contribution in [-0.2, 0) is 9.53 Å². The molecule has 0 saturated carbocycles. The minimum atomic E-state index is -1.02. The van der Waals surface area contributed by atoms with Crippen LogP contribution in [0, 0.1) is 6.92 Å². The van der Waals surface area contributed by atoms with Crippen LogP contribution in [0.3, 0.4) is 0 Å². The number of methoxy groups -OCH3 is 1. The highest BCUT2D eigenvalue weighted by Crippen LogP contribution is 2.22. The summed E-state index contributed by atoms with van der Waals surface area (Å²) in [6, 6.07) is 10.2. The van der Waals surface area contributed by atoms with Crippen LogP contribution in [0.25, 0.3) is 10.9 Å². The third-order valence-electron chi connectivity index (χ3n) is 4.06. The molecule has 2 aromatic heterocycles. The maximum atomic E-state index is 12.6. The Morgan fingerprint density at radius 1 is 1.18 bits per heavy atom. The van der Waals surface area contributed by atoms with Crippen molar-refractivity contribution in [2.24, 2.45) is 0 Å². The number of carbonyl (C=O) groups is 2. The van der Waals surface area contributed by atoms with Crippen LogP contribution in [0.1, 0.15) is 23.0 Å². The molecule has 2 heterocycles. The smallest absolute Gasteiger partial charge is 0.340 e. The van der Waals surface area contributed by atoms with Gasteiger partial charge in [0.2, 0.25) is 0 Å². The van der Waals surface area contributed by atoms with E-state index in [9.17, 15) is 9.59 Å². The van der Waals surface area contributed by atoms with Gasteiger partial charge in [0.25, 0.3) is 5.91 Å². The number of pyridine rings is 2. The molecule has 0 aliphatic rings. The molecule has 28 heavy (non-hydrogen) atoms. The lowest BCUT2D eigenvalue weighted by Crippen LogP contribution is -2.30. The minimum absolute atomic E-state index is 0.282. The van der Waals surface area contributed by atoms with Gasteiger partial charge >= 0.3 is 5.97 Å². The van der Waals surface area contributed by atoms with Crippen molar-refractivity contribution in [2.75, 3.05) is 12.4 Å². The molecule has 7 nitrogen and oxygen atoms in total. The van der Waals surface area contributed by atoms with Crippen molar-refractivity contribution in [3.05, 3.63) is 58.9 Å². The third kappa shape index (κ3) is 4.37. The molecular formula is C20H18ClN3O4. The Labute approximate surface area is 166 Å². The number of anilines is 1. The molecule has 1 amide bonds. The number of benzene rings is 1. The van der Waals surface area contributed by atoms with E-state index in [2.05, 4.69) is 15.3 Å². The predicted octanol–water partition coefficient (Wildman–Crippen LogP) is 3.78. The van der Waals surface area contributed by atoms with Gasteiger partial charge in [0.15, 0.2) is 6.10 Å². The van der Waals surface area contributed by atoms with Gasteiger partial charge in [-0.25, -0.2) is 9.78 Å². The molecule has 0 spiro atoms. The van der Waals surface area contributed by atoms with E-state index in [0.717, 1.165) is 10.9 Å². The average molecular weight is 400 g/mol. The van der Waals surface area contributed by atoms with Crippen molar-refractivity contribution < 1.29 is 19.1 Å². The van der Waals surface area contributed by atoms with Crippen LogP contribution in [-0.4, -0.2) is 35.1 Å². The average Bonchev–Trinajstić information content (AvgIpc) is 2.68. The summed E-state index contributed by atoms with van der Waals surface area (Å²) in [5.74, 6) is -0.175. The van der Waals surface area contributed by atoms with Crippen molar-refractivity contribution in [1.82, 2.24) is 9.97 Å². The summed E-state index contributed by atoms with van der Waals surface area (Å²) in [5.41, 5.74) is 1.52. The molecule has 1 unspecified atom stereocenters. The second-order valence-corrected chi connectivity index (χ2v) is 6.51. The van der Waals surface area contributed by atoms with Crippen molar-refractivity contribution in [3.63, 3.8) is 0 Å². The monoisotopic (exact) mass is 399 g/mol. The van der Waals surface area contributed by atoms with Gasteiger partial charge in [0.1, 0.15) is 11.6 Å². The maximum Gasteiger partial charge on any atom is 0.340 e. The molecule has 1 N–H and O–H groups in total. The van der Waals surface area contributed by atoms with Crippen LogP contribution >= 0.6 is 11.6 Å². The van der Waals surface area contributed by atoms with Gasteiger partial charge in [-0.1, -0.05) is 11.6 Å². The normalized spacial score (nSPS) is 11.7. The molecule has 0 fully saturated rings. The van der Waals surface area contributed by atoms with Crippen LogP contribution in [0.5, 0.6) is 5.75 Å². The van der Waals surface area contributed by atoms with E-state index >= 15 is 0 Å². The van der Waals surface area contributed by atoms with Gasteiger partial charge in [-0.2, -0.15) is 0 Å². The summed E-state index contributed by atoms with van der Waals surface area (Å²) < 4.78 is 10.5. The molecule has 8 heteroatoms. The number of rotatable bonds is 5. The molecule has 0 bridgehead atoms. The number of halogens is 1. The molecule has 0 saturated heterocycles. The second kappa shape index (κ2) is 8.22. The first-order valence-electron chi connectivity index (χ1n) is 8.46. The first-order valence-corrected chi connectivity index (χ1v) is 8.84. The summed E-state index contributed by atoms with van der Waals surface area (Å²) in [5, 5.41) is 3.75. The zero-order valence-electron chi connectivity index (χ0n) is 15.5. The highest BCUT2D eigenvalue weighted by atomic mass is 35.5. The lowest BCUT2D eigenvalue weighted by Gasteiger charge is -2.14. The Bertz CT molecular complexity index is 1040. The van der Waals surface area contributed by atoms with Crippen molar-refractivity contribution in [3.8, 4) is 5.75 Å². The van der Waals surface area contributed by atoms with E-state index in [1.807, 2.05) is 6.07 Å². The molecule has 1 atom stereocenters. The van der Waals surface area contributed by atoms with Gasteiger partial charge < -0.3 is 14.8 Å². The maximum absolute atomic E-state index is 12.6. The first kappa shape index (κ1) is 19.6. The Morgan fingerprint density at radius 2 is 1.96 bits per heavy atom. The van der Waals surface area contributed by atoms with Crippen LogP contribution < -0.4 is 10.1 Å². The number of amides is 1. The fraction of sp³-hybridized carbons (Fsp3) is 0.200. The van der Waals surface area contributed by atoms with E-state index in [4.69, 9.17) is 21.1 Å². The standard InChI is InChI=1S/C20H18ClN3O4/c1-11-16(9-13-8-15(27-3)5-6-17(13)23-11)20(26)28-12(2)19(25)24-18-7-4-14(21)10-22-18/h4-10,12H,1-3H3,(H,22,24,25). The second-order valence-electron chi connectivity index (χ2n) is 6.08. The fourth-order valence-corrected chi connectivity index (χ4v) is 2.65. The van der Waals surface area contributed by atoms with Crippen molar-refractivity contribution >= 4 is 40.2 Å². The van der Waals surface area contributed by atoms with Gasteiger partial charge in [0, 0.05) is 11.6 Å². The van der Waals surface area contributed by atoms with Crippen LogP contribution in [0.4, 0.5) is 5.82 Å². The number of hydrogen-bond acceptors (Lipinski definition) is 6. The number of fused-ring (bicyclic) bond motifs is 1. The van der Waals surface area contributed by atoms with Gasteiger partial charge in [-0.15, -0.1) is 0 Å². The van der Waals surface area contributed by atoms with Gasteiger partial charge in [-0.05, 0) is 50.2 Å². The van der Waals surface area contributed by atoms with Crippen LogP contribution in [0.15, 0.2) is 42.6 Å². The topological polar surface area (TPSA) is 90.4 Å². The number of hydrogen-bond donors (Lipinski definition) is 1. The number of nitrogens with one attached hydrogen (secondary N) is 1. The summed E-state index contributed by atoms with van der Waals surface area (Å²) in [7, 11) is 1.56. The molecular weight excluding hydrogens is 382 g/mol. The molecule has 144 valence electrons. The third-order valence-corrected chi connectivity index (χ3v) is 4.29. The molecule has 1 aromatic carbocycles. The Balaban J connectivity index is 1.74. The number of aryl methyl sites for hydroxylation is 1. The molecule has 3 aromatic rings. The lowest BCUT2D eigenvalue weighted by atomic mass is 10.1. The number of ether oxygens (including phenoxy) is 2. The summed E-state index contributed by atoms with van der Waals surface area (Å²) in [6.07, 6.45) is 0.386. The van der Waals surface area contributed by atoms with E-state index in [-0.39, 0.29) is 5.56 Å². The van der Waals surface area contributed by atoms with E-state index in [1.165, 1.54) is 13.1 Å². The van der Waals surface area contributed by atoms with Crippen molar-refractivity contribution in [2.45, 2.75) is 20.0 Å². The Morgan fingerprint density at radius 3 is 2.64 bits per heavy atom. The quantitative estimate of drug-likeness (QED) is 0.656. The van der Waals surface area contributed by atoms with Gasteiger partial charge in [0.05, 0.1) is 28.9 Å². The fourth-order valence-electron chi connectivity index (χ4n) is 2.54. The number of carbonyl (C=O) groups excluding carboxylic acids is 2.